The van der Waals surface area contributed by atoms with Crippen LogP contribution in [0.3, 0.4) is 0 Å². The van der Waals surface area contributed by atoms with Gasteiger partial charge in [-0.15, -0.1) is 0 Å². The van der Waals surface area contributed by atoms with Crippen molar-refractivity contribution < 1.29 is 4.39 Å². The van der Waals surface area contributed by atoms with Gasteiger partial charge in [-0.2, -0.15) is 0 Å². The largest absolute Gasteiger partial charge is 0.357 e. The molecule has 2 aromatic rings. The van der Waals surface area contributed by atoms with E-state index in [9.17, 15) is 4.39 Å². The molecule has 0 aliphatic heterocycles. The molecule has 0 saturated carbocycles. The molecule has 0 atom stereocenters. The van der Waals surface area contributed by atoms with E-state index in [-0.39, 0.29) is 5.82 Å². The number of halogens is 2. The Morgan fingerprint density at radius 1 is 1.31 bits per heavy atom. The highest BCUT2D eigenvalue weighted by molar-refractivity contribution is 9.10. The molecule has 13 heavy (non-hydrogen) atoms. The molecular formula is C10H9BrFN. The molecule has 0 fully saturated rings. The van der Waals surface area contributed by atoms with Crippen molar-refractivity contribution in [2.75, 3.05) is 0 Å². The summed E-state index contributed by atoms with van der Waals surface area (Å²) >= 11 is 3.22. The molecule has 1 N–H and O–H groups in total. The van der Waals surface area contributed by atoms with Gasteiger partial charge in [-0.25, -0.2) is 4.39 Å². The van der Waals surface area contributed by atoms with Gasteiger partial charge in [0.15, 0.2) is 0 Å². The summed E-state index contributed by atoms with van der Waals surface area (Å²) in [6.07, 6.45) is 0. The molecule has 0 aliphatic carbocycles. The molecule has 2 rings (SSSR count). The molecule has 0 saturated heterocycles. The number of hydrogen-bond donors (Lipinski definition) is 1. The van der Waals surface area contributed by atoms with Crippen molar-refractivity contribution in [3.8, 4) is 0 Å². The van der Waals surface area contributed by atoms with Gasteiger partial charge in [0.2, 0.25) is 0 Å². The molecular weight excluding hydrogens is 233 g/mol. The van der Waals surface area contributed by atoms with Gasteiger partial charge in [-0.3, -0.25) is 0 Å². The zero-order valence-corrected chi connectivity index (χ0v) is 9.00. The first-order valence-corrected chi connectivity index (χ1v) is 4.83. The third-order valence-corrected chi connectivity index (χ3v) is 3.15. The minimum Gasteiger partial charge on any atom is -0.357 e. The van der Waals surface area contributed by atoms with Gasteiger partial charge < -0.3 is 4.98 Å². The van der Waals surface area contributed by atoms with Gasteiger partial charge in [-0.05, 0) is 47.5 Å². The topological polar surface area (TPSA) is 15.8 Å². The number of benzene rings is 1. The lowest BCUT2D eigenvalue weighted by molar-refractivity contribution is 0.623. The van der Waals surface area contributed by atoms with E-state index in [1.165, 1.54) is 11.6 Å². The van der Waals surface area contributed by atoms with Gasteiger partial charge in [0.1, 0.15) is 5.82 Å². The SMILES string of the molecule is Cc1[nH]c2c(Br)c(F)ccc2c1C. The molecule has 68 valence electrons. The van der Waals surface area contributed by atoms with E-state index in [0.717, 1.165) is 16.6 Å². The Labute approximate surface area is 84.1 Å². The molecule has 1 aromatic heterocycles. The van der Waals surface area contributed by atoms with Crippen LogP contribution in [0.15, 0.2) is 16.6 Å². The lowest BCUT2D eigenvalue weighted by atomic mass is 10.1. The molecule has 1 aromatic carbocycles. The maximum Gasteiger partial charge on any atom is 0.139 e. The summed E-state index contributed by atoms with van der Waals surface area (Å²) in [4.78, 5) is 3.15. The van der Waals surface area contributed by atoms with Crippen LogP contribution >= 0.6 is 15.9 Å². The molecule has 0 spiro atoms. The van der Waals surface area contributed by atoms with Crippen molar-refractivity contribution in [3.05, 3.63) is 33.7 Å². The lowest BCUT2D eigenvalue weighted by Gasteiger charge is -1.96. The summed E-state index contributed by atoms with van der Waals surface area (Å²) in [5.41, 5.74) is 3.10. The third-order valence-electron chi connectivity index (χ3n) is 2.37. The normalized spacial score (nSPS) is 11.1. The van der Waals surface area contributed by atoms with Gasteiger partial charge in [-0.1, -0.05) is 0 Å². The summed E-state index contributed by atoms with van der Waals surface area (Å²) in [5.74, 6) is -0.228. The fourth-order valence-electron chi connectivity index (χ4n) is 1.47. The second-order valence-electron chi connectivity index (χ2n) is 3.16. The fraction of sp³-hybridized carbons (Fsp3) is 0.200. The van der Waals surface area contributed by atoms with Crippen LogP contribution in [0.2, 0.25) is 0 Å². The highest BCUT2D eigenvalue weighted by Crippen LogP contribution is 2.29. The highest BCUT2D eigenvalue weighted by Gasteiger charge is 2.09. The van der Waals surface area contributed by atoms with Gasteiger partial charge in [0.25, 0.3) is 0 Å². The zero-order chi connectivity index (χ0) is 9.59. The van der Waals surface area contributed by atoms with Crippen molar-refractivity contribution in [3.63, 3.8) is 0 Å². The van der Waals surface area contributed by atoms with Crippen LogP contribution in [0.5, 0.6) is 0 Å². The first kappa shape index (κ1) is 8.75. The van der Waals surface area contributed by atoms with Crippen LogP contribution in [0.4, 0.5) is 4.39 Å². The number of aromatic nitrogens is 1. The standard InChI is InChI=1S/C10H9BrFN/c1-5-6(2)13-10-7(5)3-4-8(12)9(10)11/h3-4,13H,1-2H3. The number of H-pyrrole nitrogens is 1. The molecule has 0 bridgehead atoms. The summed E-state index contributed by atoms with van der Waals surface area (Å²) in [6.45, 7) is 4.01. The van der Waals surface area contributed by atoms with Gasteiger partial charge >= 0.3 is 0 Å². The predicted molar refractivity (Wildman–Crippen MR) is 55.4 cm³/mol. The third kappa shape index (κ3) is 1.18. The minimum absolute atomic E-state index is 0.228. The van der Waals surface area contributed by atoms with E-state index < -0.39 is 0 Å². The van der Waals surface area contributed by atoms with Crippen LogP contribution in [0.25, 0.3) is 10.9 Å². The minimum atomic E-state index is -0.228. The molecule has 0 unspecified atom stereocenters. The van der Waals surface area contributed by atoms with Crippen LogP contribution in [-0.2, 0) is 0 Å². The van der Waals surface area contributed by atoms with Gasteiger partial charge in [0.05, 0.1) is 9.99 Å². The maximum atomic E-state index is 13.1. The van der Waals surface area contributed by atoms with Crippen LogP contribution in [0, 0.1) is 19.7 Å². The van der Waals surface area contributed by atoms with Gasteiger partial charge in [0, 0.05) is 11.1 Å². The molecule has 1 nitrogen and oxygen atoms in total. The van der Waals surface area contributed by atoms with E-state index >= 15 is 0 Å². The number of rotatable bonds is 0. The fourth-order valence-corrected chi connectivity index (χ4v) is 1.91. The highest BCUT2D eigenvalue weighted by atomic mass is 79.9. The van der Waals surface area contributed by atoms with Crippen LogP contribution in [-0.4, -0.2) is 4.98 Å². The first-order valence-electron chi connectivity index (χ1n) is 4.04. The number of nitrogens with one attached hydrogen (secondary N) is 1. The van der Waals surface area contributed by atoms with Crippen molar-refractivity contribution in [1.82, 2.24) is 4.98 Å². The average molecular weight is 242 g/mol. The molecule has 0 aliphatic rings. The Kier molecular flexibility index (Phi) is 1.91. The Bertz CT molecular complexity index is 473. The van der Waals surface area contributed by atoms with E-state index in [0.29, 0.717) is 4.47 Å². The molecule has 0 radical (unpaired) electrons. The number of fused-ring (bicyclic) bond motifs is 1. The van der Waals surface area contributed by atoms with E-state index in [1.54, 1.807) is 6.07 Å². The quantitative estimate of drug-likeness (QED) is 0.725. The second kappa shape index (κ2) is 2.84. The van der Waals surface area contributed by atoms with Crippen molar-refractivity contribution in [1.29, 1.82) is 0 Å². The van der Waals surface area contributed by atoms with E-state index in [2.05, 4.69) is 20.9 Å². The Balaban J connectivity index is 2.94. The molecule has 0 amide bonds. The summed E-state index contributed by atoms with van der Waals surface area (Å²) in [7, 11) is 0. The number of aryl methyl sites for hydroxylation is 2. The summed E-state index contributed by atoms with van der Waals surface area (Å²) in [5, 5.41) is 1.07. The summed E-state index contributed by atoms with van der Waals surface area (Å²) < 4.78 is 13.6. The van der Waals surface area contributed by atoms with Crippen LogP contribution < -0.4 is 0 Å². The van der Waals surface area contributed by atoms with Crippen molar-refractivity contribution >= 4 is 26.8 Å². The Hall–Kier alpha value is -0.830. The molecule has 3 heteroatoms. The zero-order valence-electron chi connectivity index (χ0n) is 7.41. The first-order chi connectivity index (χ1) is 6.11. The Morgan fingerprint density at radius 3 is 2.69 bits per heavy atom. The average Bonchev–Trinajstić information content (AvgIpc) is 2.38. The second-order valence-corrected chi connectivity index (χ2v) is 3.95. The Morgan fingerprint density at radius 2 is 2.00 bits per heavy atom. The van der Waals surface area contributed by atoms with E-state index in [1.807, 2.05) is 13.8 Å². The smallest absolute Gasteiger partial charge is 0.139 e. The summed E-state index contributed by atoms with van der Waals surface area (Å²) in [6, 6.07) is 3.28. The van der Waals surface area contributed by atoms with E-state index in [4.69, 9.17) is 0 Å². The maximum absolute atomic E-state index is 13.1. The lowest BCUT2D eigenvalue weighted by Crippen LogP contribution is -1.78. The molecule has 1 heterocycles. The predicted octanol–water partition coefficient (Wildman–Crippen LogP) is 3.69. The van der Waals surface area contributed by atoms with Crippen molar-refractivity contribution in [2.24, 2.45) is 0 Å². The monoisotopic (exact) mass is 241 g/mol. The van der Waals surface area contributed by atoms with Crippen LogP contribution in [0.1, 0.15) is 11.3 Å². The van der Waals surface area contributed by atoms with Crippen molar-refractivity contribution in [2.45, 2.75) is 13.8 Å². The number of aromatic amines is 1. The number of hydrogen-bond acceptors (Lipinski definition) is 0.